The maximum Gasteiger partial charge on any atom is 0.0233 e. The highest BCUT2D eigenvalue weighted by Crippen LogP contribution is 2.13. The summed E-state index contributed by atoms with van der Waals surface area (Å²) < 4.78 is 0. The van der Waals surface area contributed by atoms with E-state index in [9.17, 15) is 0 Å². The monoisotopic (exact) mass is 182 g/mol. The van der Waals surface area contributed by atoms with Crippen molar-refractivity contribution in [2.45, 2.75) is 34.6 Å². The number of hydrogen-bond acceptors (Lipinski definition) is 1. The maximum atomic E-state index is 3.17. The van der Waals surface area contributed by atoms with Crippen LogP contribution >= 0.6 is 11.8 Å². The highest BCUT2D eigenvalue weighted by molar-refractivity contribution is 8.03. The molecule has 12 heavy (non-hydrogen) atoms. The van der Waals surface area contributed by atoms with E-state index < -0.39 is 0 Å². The molecule has 0 rings (SSSR count). The summed E-state index contributed by atoms with van der Waals surface area (Å²) >= 11 is 1.84. The van der Waals surface area contributed by atoms with Gasteiger partial charge in [-0.05, 0) is 44.4 Å². The van der Waals surface area contributed by atoms with Gasteiger partial charge in [-0.25, -0.2) is 0 Å². The highest BCUT2D eigenvalue weighted by Gasteiger charge is 2.02. The van der Waals surface area contributed by atoms with Gasteiger partial charge < -0.3 is 0 Å². The van der Waals surface area contributed by atoms with Crippen LogP contribution in [-0.2, 0) is 0 Å². The van der Waals surface area contributed by atoms with Gasteiger partial charge in [0.2, 0.25) is 0 Å². The fraction of sp³-hybridized carbons (Fsp3) is 0.636. The maximum absolute atomic E-state index is 3.17. The van der Waals surface area contributed by atoms with E-state index >= 15 is 0 Å². The quantitative estimate of drug-likeness (QED) is 0.587. The van der Waals surface area contributed by atoms with E-state index in [2.05, 4.69) is 46.5 Å². The standard InChI is InChI=1S/C11H18S/c1-6-12-10(2)8-7-9-11(3,4)5/h8H,6H2,1-5H3. The van der Waals surface area contributed by atoms with Crippen LogP contribution in [-0.4, -0.2) is 5.75 Å². The van der Waals surface area contributed by atoms with Crippen molar-refractivity contribution in [3.05, 3.63) is 11.0 Å². The lowest BCUT2D eigenvalue weighted by Gasteiger charge is -2.06. The van der Waals surface area contributed by atoms with Crippen molar-refractivity contribution in [3.63, 3.8) is 0 Å². The first-order chi connectivity index (χ1) is 5.45. The Hall–Kier alpha value is -0.350. The van der Waals surface area contributed by atoms with Gasteiger partial charge in [-0.3, -0.25) is 0 Å². The van der Waals surface area contributed by atoms with E-state index in [1.54, 1.807) is 0 Å². The van der Waals surface area contributed by atoms with E-state index in [0.717, 1.165) is 5.75 Å². The molecule has 0 aliphatic heterocycles. The molecule has 0 atom stereocenters. The summed E-state index contributed by atoms with van der Waals surface area (Å²) in [6.07, 6.45) is 2.00. The predicted octanol–water partition coefficient (Wildman–Crippen LogP) is 3.69. The van der Waals surface area contributed by atoms with E-state index in [1.165, 1.54) is 4.91 Å². The van der Waals surface area contributed by atoms with E-state index in [-0.39, 0.29) is 5.41 Å². The normalized spacial score (nSPS) is 12.2. The third-order valence-corrected chi connectivity index (χ3v) is 1.96. The fourth-order valence-electron chi connectivity index (χ4n) is 0.624. The Morgan fingerprint density at radius 2 is 2.00 bits per heavy atom. The number of rotatable bonds is 2. The molecule has 0 saturated heterocycles. The first-order valence-corrected chi connectivity index (χ1v) is 5.26. The van der Waals surface area contributed by atoms with E-state index in [1.807, 2.05) is 17.8 Å². The smallest absolute Gasteiger partial charge is 0.0233 e. The summed E-state index contributed by atoms with van der Waals surface area (Å²) in [5, 5.41) is 0. The Morgan fingerprint density at radius 1 is 1.42 bits per heavy atom. The number of hydrogen-bond donors (Lipinski definition) is 0. The summed E-state index contributed by atoms with van der Waals surface area (Å²) in [5.74, 6) is 7.37. The van der Waals surface area contributed by atoms with Crippen LogP contribution in [0.1, 0.15) is 34.6 Å². The van der Waals surface area contributed by atoms with Crippen molar-refractivity contribution in [1.29, 1.82) is 0 Å². The molecule has 0 unspecified atom stereocenters. The largest absolute Gasteiger partial charge is 0.131 e. The molecule has 0 aliphatic carbocycles. The van der Waals surface area contributed by atoms with Crippen LogP contribution in [0.2, 0.25) is 0 Å². The lowest BCUT2D eigenvalue weighted by molar-refractivity contribution is 0.571. The predicted molar refractivity (Wildman–Crippen MR) is 59.1 cm³/mol. The molecule has 0 spiro atoms. The van der Waals surface area contributed by atoms with Crippen LogP contribution in [0.15, 0.2) is 11.0 Å². The van der Waals surface area contributed by atoms with Gasteiger partial charge in [0.25, 0.3) is 0 Å². The lowest BCUT2D eigenvalue weighted by atomic mass is 9.98. The SMILES string of the molecule is CCSC(C)=CC#CC(C)(C)C. The molecule has 0 aromatic carbocycles. The molecule has 0 saturated carbocycles. The van der Waals surface area contributed by atoms with Gasteiger partial charge in [-0.1, -0.05) is 18.8 Å². The molecule has 0 aliphatic rings. The average molecular weight is 182 g/mol. The van der Waals surface area contributed by atoms with Gasteiger partial charge >= 0.3 is 0 Å². The molecule has 0 nitrogen and oxygen atoms in total. The third-order valence-electron chi connectivity index (χ3n) is 1.09. The molecule has 0 fully saturated rings. The number of allylic oxidation sites excluding steroid dienone is 2. The molecule has 0 amide bonds. The van der Waals surface area contributed by atoms with Crippen molar-refractivity contribution in [1.82, 2.24) is 0 Å². The van der Waals surface area contributed by atoms with Gasteiger partial charge in [0.1, 0.15) is 0 Å². The average Bonchev–Trinajstić information content (AvgIpc) is 1.84. The first-order valence-electron chi connectivity index (χ1n) is 4.28. The van der Waals surface area contributed by atoms with Gasteiger partial charge in [-0.15, -0.1) is 11.8 Å². The third kappa shape index (κ3) is 7.75. The van der Waals surface area contributed by atoms with Crippen molar-refractivity contribution in [2.75, 3.05) is 5.75 Å². The second kappa shape index (κ2) is 5.32. The molecule has 0 aromatic rings. The number of thioether (sulfide) groups is 1. The fourth-order valence-corrected chi connectivity index (χ4v) is 1.22. The molecule has 68 valence electrons. The van der Waals surface area contributed by atoms with E-state index in [4.69, 9.17) is 0 Å². The summed E-state index contributed by atoms with van der Waals surface area (Å²) in [6.45, 7) is 10.6. The highest BCUT2D eigenvalue weighted by atomic mass is 32.2. The van der Waals surface area contributed by atoms with Crippen LogP contribution in [0.4, 0.5) is 0 Å². The van der Waals surface area contributed by atoms with Crippen LogP contribution < -0.4 is 0 Å². The summed E-state index contributed by atoms with van der Waals surface area (Å²) in [6, 6.07) is 0. The minimum Gasteiger partial charge on any atom is -0.131 e. The molecule has 0 N–H and O–H groups in total. The first kappa shape index (κ1) is 11.6. The molecule has 0 bridgehead atoms. The van der Waals surface area contributed by atoms with Crippen molar-refractivity contribution in [3.8, 4) is 11.8 Å². The minimum atomic E-state index is 0.119. The minimum absolute atomic E-state index is 0.119. The summed E-state index contributed by atoms with van der Waals surface area (Å²) in [4.78, 5) is 1.30. The topological polar surface area (TPSA) is 0 Å². The second-order valence-electron chi connectivity index (χ2n) is 3.71. The molecule has 0 aromatic heterocycles. The summed E-state index contributed by atoms with van der Waals surface area (Å²) in [7, 11) is 0. The van der Waals surface area contributed by atoms with Gasteiger partial charge in [-0.2, -0.15) is 0 Å². The van der Waals surface area contributed by atoms with Crippen molar-refractivity contribution < 1.29 is 0 Å². The molecule has 0 radical (unpaired) electrons. The zero-order chi connectivity index (χ0) is 9.61. The Morgan fingerprint density at radius 3 is 2.42 bits per heavy atom. The Kier molecular flexibility index (Phi) is 5.17. The Balaban J connectivity index is 4.08. The van der Waals surface area contributed by atoms with Gasteiger partial charge in [0.05, 0.1) is 0 Å². The molecular weight excluding hydrogens is 164 g/mol. The molecular formula is C11H18S. The molecule has 0 heterocycles. The van der Waals surface area contributed by atoms with Crippen LogP contribution in [0, 0.1) is 17.3 Å². The van der Waals surface area contributed by atoms with E-state index in [0.29, 0.717) is 0 Å². The second-order valence-corrected chi connectivity index (χ2v) is 5.22. The van der Waals surface area contributed by atoms with Crippen molar-refractivity contribution >= 4 is 11.8 Å². The molecule has 1 heteroatoms. The van der Waals surface area contributed by atoms with Crippen LogP contribution in [0.25, 0.3) is 0 Å². The summed E-state index contributed by atoms with van der Waals surface area (Å²) in [5.41, 5.74) is 0.119. The Bertz CT molecular complexity index is 207. The Labute approximate surface area is 80.8 Å². The zero-order valence-electron chi connectivity index (χ0n) is 8.69. The lowest BCUT2D eigenvalue weighted by Crippen LogP contribution is -1.98. The van der Waals surface area contributed by atoms with Gasteiger partial charge in [0.15, 0.2) is 0 Å². The van der Waals surface area contributed by atoms with Crippen LogP contribution in [0.3, 0.4) is 0 Å². The van der Waals surface area contributed by atoms with Gasteiger partial charge in [0, 0.05) is 5.41 Å². The zero-order valence-corrected chi connectivity index (χ0v) is 9.51. The van der Waals surface area contributed by atoms with Crippen molar-refractivity contribution in [2.24, 2.45) is 5.41 Å². The van der Waals surface area contributed by atoms with Crippen LogP contribution in [0.5, 0.6) is 0 Å².